The number of nitro benzene ring substituents is 1. The fourth-order valence-corrected chi connectivity index (χ4v) is 2.41. The Balaban J connectivity index is 1.65. The predicted molar refractivity (Wildman–Crippen MR) is 96.1 cm³/mol. The van der Waals surface area contributed by atoms with E-state index in [1.165, 1.54) is 13.0 Å². The Bertz CT molecular complexity index is 1020. The number of carbonyl (C=O) groups is 1. The number of rotatable bonds is 6. The van der Waals surface area contributed by atoms with Crippen LogP contribution in [-0.4, -0.2) is 33.1 Å². The van der Waals surface area contributed by atoms with Crippen LogP contribution < -0.4 is 10.1 Å². The summed E-state index contributed by atoms with van der Waals surface area (Å²) in [6.07, 6.45) is 1.78. The van der Waals surface area contributed by atoms with E-state index in [0.717, 1.165) is 23.0 Å². The molecule has 3 N–H and O–H groups in total. The van der Waals surface area contributed by atoms with Crippen molar-refractivity contribution < 1.29 is 24.0 Å². The number of hydrogen-bond donors (Lipinski definition) is 3. The van der Waals surface area contributed by atoms with E-state index in [9.17, 15) is 24.4 Å². The van der Waals surface area contributed by atoms with Crippen LogP contribution in [-0.2, 0) is 4.79 Å². The van der Waals surface area contributed by atoms with Gasteiger partial charge in [0.2, 0.25) is 5.82 Å². The number of fused-ring (bicyclic) bond motifs is 1. The maximum absolute atomic E-state index is 13.6. The maximum Gasteiger partial charge on any atom is 0.304 e. The number of halogens is 1. The summed E-state index contributed by atoms with van der Waals surface area (Å²) in [5, 5.41) is 24.2. The summed E-state index contributed by atoms with van der Waals surface area (Å²) < 4.78 is 19.1. The van der Waals surface area contributed by atoms with E-state index < -0.39 is 27.9 Å². The monoisotopic (exact) mass is 373 g/mol. The lowest BCUT2D eigenvalue weighted by atomic mass is 10.1. The Morgan fingerprint density at radius 2 is 2.11 bits per heavy atom. The number of aromatic nitrogens is 1. The molecule has 0 aliphatic carbocycles. The summed E-state index contributed by atoms with van der Waals surface area (Å²) >= 11 is 0. The Morgan fingerprint density at radius 1 is 1.33 bits per heavy atom. The van der Waals surface area contributed by atoms with E-state index in [2.05, 4.69) is 10.3 Å². The normalized spacial score (nSPS) is 13.1. The lowest BCUT2D eigenvalue weighted by Gasteiger charge is -2.22. The average Bonchev–Trinajstić information content (AvgIpc) is 3.07. The summed E-state index contributed by atoms with van der Waals surface area (Å²) in [6.45, 7) is 0.906. The molecule has 9 heteroatoms. The van der Waals surface area contributed by atoms with Crippen molar-refractivity contribution in [3.8, 4) is 5.75 Å². The first-order valence-electron chi connectivity index (χ1n) is 7.94. The van der Waals surface area contributed by atoms with Crippen molar-refractivity contribution in [2.45, 2.75) is 12.5 Å². The van der Waals surface area contributed by atoms with E-state index >= 15 is 0 Å². The minimum atomic E-state index is -1.91. The van der Waals surface area contributed by atoms with Crippen molar-refractivity contribution >= 4 is 28.2 Å². The molecule has 0 saturated carbocycles. The molecule has 3 rings (SSSR count). The van der Waals surface area contributed by atoms with Crippen LogP contribution in [0.2, 0.25) is 0 Å². The molecule has 8 nitrogen and oxygen atoms in total. The molecule has 3 aromatic rings. The molecule has 0 fully saturated rings. The SMILES string of the molecule is C[C@](O)(COc1ccc2[nH]ccc2c1)C(=O)Nc1ccc([N+](=O)[O-])c(F)c1. The summed E-state index contributed by atoms with van der Waals surface area (Å²) in [5.41, 5.74) is -1.71. The molecule has 0 aliphatic rings. The average molecular weight is 373 g/mol. The Morgan fingerprint density at radius 3 is 2.81 bits per heavy atom. The van der Waals surface area contributed by atoms with Gasteiger partial charge >= 0.3 is 5.69 Å². The molecule has 1 amide bonds. The standard InChI is InChI=1S/C18H16FN3O5/c1-18(24,10-27-13-3-4-15-11(8-13)6-7-20-15)17(23)21-12-2-5-16(22(25)26)14(19)9-12/h2-9,20,24H,10H2,1H3,(H,21,23)/t18-/m0/s1. The van der Waals surface area contributed by atoms with E-state index in [0.29, 0.717) is 5.75 Å². The van der Waals surface area contributed by atoms with Crippen LogP contribution in [0.25, 0.3) is 10.9 Å². The van der Waals surface area contributed by atoms with Crippen LogP contribution in [0.3, 0.4) is 0 Å². The van der Waals surface area contributed by atoms with Crippen molar-refractivity contribution in [3.63, 3.8) is 0 Å². The van der Waals surface area contributed by atoms with Crippen LogP contribution >= 0.6 is 0 Å². The number of ether oxygens (including phenoxy) is 1. The first-order chi connectivity index (χ1) is 12.8. The lowest BCUT2D eigenvalue weighted by Crippen LogP contribution is -2.45. The number of nitrogens with one attached hydrogen (secondary N) is 2. The van der Waals surface area contributed by atoms with Gasteiger partial charge in [-0.1, -0.05) is 0 Å². The number of hydrogen-bond acceptors (Lipinski definition) is 5. The number of aromatic amines is 1. The molecule has 0 radical (unpaired) electrons. The zero-order chi connectivity index (χ0) is 19.6. The fourth-order valence-electron chi connectivity index (χ4n) is 2.41. The maximum atomic E-state index is 13.6. The van der Waals surface area contributed by atoms with Gasteiger partial charge in [0.15, 0.2) is 5.60 Å². The third kappa shape index (κ3) is 4.04. The molecule has 1 aromatic heterocycles. The molecule has 0 unspecified atom stereocenters. The highest BCUT2D eigenvalue weighted by atomic mass is 19.1. The smallest absolute Gasteiger partial charge is 0.304 e. The molecule has 0 aliphatic heterocycles. The Hall–Kier alpha value is -3.46. The second-order valence-electron chi connectivity index (χ2n) is 6.17. The van der Waals surface area contributed by atoms with Gasteiger partial charge in [0, 0.05) is 34.9 Å². The second-order valence-corrected chi connectivity index (χ2v) is 6.17. The molecule has 0 saturated heterocycles. The van der Waals surface area contributed by atoms with Crippen LogP contribution in [0, 0.1) is 15.9 Å². The molecule has 1 heterocycles. The summed E-state index contributed by atoms with van der Waals surface area (Å²) in [7, 11) is 0. The van der Waals surface area contributed by atoms with Crippen molar-refractivity contribution in [1.82, 2.24) is 4.98 Å². The van der Waals surface area contributed by atoms with Crippen molar-refractivity contribution in [2.75, 3.05) is 11.9 Å². The molecule has 27 heavy (non-hydrogen) atoms. The highest BCUT2D eigenvalue weighted by molar-refractivity contribution is 5.97. The largest absolute Gasteiger partial charge is 0.490 e. The van der Waals surface area contributed by atoms with Gasteiger partial charge in [0.25, 0.3) is 5.91 Å². The number of amides is 1. The van der Waals surface area contributed by atoms with Gasteiger partial charge in [-0.2, -0.15) is 4.39 Å². The molecular weight excluding hydrogens is 357 g/mol. The van der Waals surface area contributed by atoms with Gasteiger partial charge < -0.3 is 20.1 Å². The van der Waals surface area contributed by atoms with Crippen LogP contribution in [0.5, 0.6) is 5.75 Å². The van der Waals surface area contributed by atoms with Gasteiger partial charge in [-0.25, -0.2) is 0 Å². The van der Waals surface area contributed by atoms with E-state index in [1.54, 1.807) is 24.4 Å². The zero-order valence-corrected chi connectivity index (χ0v) is 14.2. The predicted octanol–water partition coefficient (Wildman–Crippen LogP) is 2.98. The molecule has 1 atom stereocenters. The topological polar surface area (TPSA) is 117 Å². The number of carbonyl (C=O) groups excluding carboxylic acids is 1. The van der Waals surface area contributed by atoms with Crippen LogP contribution in [0.4, 0.5) is 15.8 Å². The third-order valence-corrected chi connectivity index (χ3v) is 3.94. The number of anilines is 1. The number of nitro groups is 1. The summed E-state index contributed by atoms with van der Waals surface area (Å²) in [6, 6.07) is 10.0. The van der Waals surface area contributed by atoms with E-state index in [-0.39, 0.29) is 12.3 Å². The fraction of sp³-hybridized carbons (Fsp3) is 0.167. The second kappa shape index (κ2) is 7.04. The number of nitrogens with zero attached hydrogens (tertiary/aromatic N) is 1. The van der Waals surface area contributed by atoms with Gasteiger partial charge in [0.1, 0.15) is 12.4 Å². The van der Waals surface area contributed by atoms with Crippen LogP contribution in [0.1, 0.15) is 6.92 Å². The van der Waals surface area contributed by atoms with Gasteiger partial charge in [-0.3, -0.25) is 14.9 Å². The van der Waals surface area contributed by atoms with Crippen molar-refractivity contribution in [2.24, 2.45) is 0 Å². The van der Waals surface area contributed by atoms with Crippen molar-refractivity contribution in [1.29, 1.82) is 0 Å². The first kappa shape index (κ1) is 18.3. The lowest BCUT2D eigenvalue weighted by molar-refractivity contribution is -0.387. The molecule has 140 valence electrons. The van der Waals surface area contributed by atoms with Gasteiger partial charge in [-0.05, 0) is 37.3 Å². The number of aliphatic hydroxyl groups is 1. The Kier molecular flexibility index (Phi) is 4.78. The molecule has 2 aromatic carbocycles. The highest BCUT2D eigenvalue weighted by Crippen LogP contribution is 2.23. The van der Waals surface area contributed by atoms with E-state index in [4.69, 9.17) is 4.74 Å². The number of H-pyrrole nitrogens is 1. The number of benzene rings is 2. The van der Waals surface area contributed by atoms with Crippen LogP contribution in [0.15, 0.2) is 48.7 Å². The van der Waals surface area contributed by atoms with E-state index in [1.807, 2.05) is 6.07 Å². The molecule has 0 spiro atoms. The van der Waals surface area contributed by atoms with Gasteiger partial charge in [0.05, 0.1) is 4.92 Å². The van der Waals surface area contributed by atoms with Gasteiger partial charge in [-0.15, -0.1) is 0 Å². The summed E-state index contributed by atoms with van der Waals surface area (Å²) in [5.74, 6) is -1.46. The first-order valence-corrected chi connectivity index (χ1v) is 7.94. The summed E-state index contributed by atoms with van der Waals surface area (Å²) in [4.78, 5) is 25.0. The minimum Gasteiger partial charge on any atom is -0.490 e. The quantitative estimate of drug-likeness (QED) is 0.453. The minimum absolute atomic E-state index is 0.0166. The highest BCUT2D eigenvalue weighted by Gasteiger charge is 2.32. The molecule has 0 bridgehead atoms. The Labute approximate surface area is 152 Å². The zero-order valence-electron chi connectivity index (χ0n) is 14.2. The van der Waals surface area contributed by atoms with Crippen molar-refractivity contribution in [3.05, 3.63) is 64.6 Å². The third-order valence-electron chi connectivity index (χ3n) is 3.94. The molecular formula is C18H16FN3O5.